The molecular weight excluding hydrogens is 268 g/mol. The number of esters is 1. The lowest BCUT2D eigenvalue weighted by Crippen LogP contribution is -2.10. The molecule has 1 amide bonds. The molecule has 6 nitrogen and oxygen atoms in total. The van der Waals surface area contributed by atoms with Crippen LogP contribution < -0.4 is 5.73 Å². The third-order valence-electron chi connectivity index (χ3n) is 2.48. The van der Waals surface area contributed by atoms with Gasteiger partial charge in [0, 0.05) is 15.6 Å². The number of rotatable bonds is 3. The third kappa shape index (κ3) is 2.24. The van der Waals surface area contributed by atoms with Crippen molar-refractivity contribution in [2.75, 3.05) is 7.11 Å². The van der Waals surface area contributed by atoms with E-state index < -0.39 is 11.9 Å². The molecule has 7 heteroatoms. The second kappa shape index (κ2) is 5.01. The summed E-state index contributed by atoms with van der Waals surface area (Å²) in [6.07, 6.45) is 1.40. The Morgan fingerprint density at radius 3 is 2.74 bits per heavy atom. The molecule has 0 aliphatic rings. The van der Waals surface area contributed by atoms with Crippen LogP contribution in [0.25, 0.3) is 10.1 Å². The highest BCUT2D eigenvalue weighted by atomic mass is 32.1. The predicted octanol–water partition coefficient (Wildman–Crippen LogP) is 1.75. The van der Waals surface area contributed by atoms with Crippen LogP contribution in [0.2, 0.25) is 0 Å². The van der Waals surface area contributed by atoms with Crippen molar-refractivity contribution in [3.8, 4) is 0 Å². The first kappa shape index (κ1) is 12.9. The summed E-state index contributed by atoms with van der Waals surface area (Å²) in [7, 11) is 1.23. The Bertz CT molecular complexity index is 729. The van der Waals surface area contributed by atoms with Crippen LogP contribution in [0.1, 0.15) is 20.0 Å². The minimum Gasteiger partial charge on any atom is -0.465 e. The van der Waals surface area contributed by atoms with Gasteiger partial charge in [-0.1, -0.05) is 6.07 Å². The maximum Gasteiger partial charge on any atom is 0.350 e. The summed E-state index contributed by atoms with van der Waals surface area (Å²) in [6, 6.07) is 4.62. The number of thiophene rings is 1. The number of carbonyl (C=O) groups excluding carboxylic acids is 3. The van der Waals surface area contributed by atoms with Gasteiger partial charge in [0.15, 0.2) is 0 Å². The molecule has 2 aromatic rings. The molecule has 0 saturated heterocycles. The van der Waals surface area contributed by atoms with Crippen molar-refractivity contribution in [2.24, 2.45) is 10.7 Å². The summed E-state index contributed by atoms with van der Waals surface area (Å²) < 4.78 is 5.24. The first-order valence-electron chi connectivity index (χ1n) is 5.11. The Kier molecular flexibility index (Phi) is 3.41. The highest BCUT2D eigenvalue weighted by Gasteiger charge is 2.19. The van der Waals surface area contributed by atoms with E-state index in [9.17, 15) is 14.4 Å². The fourth-order valence-corrected chi connectivity index (χ4v) is 2.72. The van der Waals surface area contributed by atoms with Crippen molar-refractivity contribution >= 4 is 45.1 Å². The van der Waals surface area contributed by atoms with E-state index in [1.54, 1.807) is 12.1 Å². The van der Waals surface area contributed by atoms with Gasteiger partial charge in [-0.2, -0.15) is 4.99 Å². The molecule has 0 unspecified atom stereocenters. The number of carbonyl (C=O) groups is 2. The molecule has 0 bridgehead atoms. The number of nitrogens with two attached hydrogens (primary N) is 1. The second-order valence-corrected chi connectivity index (χ2v) is 4.60. The molecule has 0 spiro atoms. The normalized spacial score (nSPS) is 9.95. The number of ether oxygens (including phenoxy) is 1. The molecule has 96 valence electrons. The van der Waals surface area contributed by atoms with Crippen LogP contribution in [0.5, 0.6) is 0 Å². The van der Waals surface area contributed by atoms with Gasteiger partial charge in [0.05, 0.1) is 7.11 Å². The zero-order valence-corrected chi connectivity index (χ0v) is 10.6. The van der Waals surface area contributed by atoms with Gasteiger partial charge < -0.3 is 10.5 Å². The highest BCUT2D eigenvalue weighted by Crippen LogP contribution is 2.38. The molecule has 0 fully saturated rings. The summed E-state index contributed by atoms with van der Waals surface area (Å²) in [6.45, 7) is 0. The van der Waals surface area contributed by atoms with E-state index in [2.05, 4.69) is 9.73 Å². The molecule has 0 saturated carbocycles. The molecule has 1 aromatic heterocycles. The predicted molar refractivity (Wildman–Crippen MR) is 69.5 cm³/mol. The monoisotopic (exact) mass is 276 g/mol. The molecule has 1 heterocycles. The number of fused-ring (bicyclic) bond motifs is 1. The van der Waals surface area contributed by atoms with E-state index in [4.69, 9.17) is 5.73 Å². The molecule has 2 rings (SSSR count). The van der Waals surface area contributed by atoms with Crippen LogP contribution in [0.3, 0.4) is 0 Å². The summed E-state index contributed by atoms with van der Waals surface area (Å²) in [5, 5.41) is 0.568. The fraction of sp³-hybridized carbons (Fsp3) is 0.0833. The number of nitrogens with zero attached hydrogens (tertiary/aromatic N) is 1. The Hall–Kier alpha value is -2.50. The Morgan fingerprint density at radius 1 is 1.42 bits per heavy atom. The number of methoxy groups -OCH3 is 1. The SMILES string of the molecule is COC(=O)c1sc2cc(C(N)=O)ccc2c1N=C=O. The summed E-state index contributed by atoms with van der Waals surface area (Å²) >= 11 is 1.07. The van der Waals surface area contributed by atoms with Gasteiger partial charge in [-0.25, -0.2) is 9.59 Å². The standard InChI is InChI=1S/C12H8N2O4S/c1-18-12(17)10-9(14-5-15)7-3-2-6(11(13)16)4-8(7)19-10/h2-4H,1H3,(H2,13,16). The fourth-order valence-electron chi connectivity index (χ4n) is 1.62. The zero-order chi connectivity index (χ0) is 14.0. The quantitative estimate of drug-likeness (QED) is 0.524. The average Bonchev–Trinajstić information content (AvgIpc) is 2.76. The number of hydrogen-bond acceptors (Lipinski definition) is 6. The van der Waals surface area contributed by atoms with Crippen LogP contribution >= 0.6 is 11.3 Å². The largest absolute Gasteiger partial charge is 0.465 e. The Labute approximate surface area is 111 Å². The summed E-state index contributed by atoms with van der Waals surface area (Å²) in [4.78, 5) is 36.9. The van der Waals surface area contributed by atoms with Gasteiger partial charge in [0.2, 0.25) is 12.0 Å². The van der Waals surface area contributed by atoms with E-state index in [0.29, 0.717) is 15.6 Å². The maximum absolute atomic E-state index is 11.6. The van der Waals surface area contributed by atoms with E-state index in [1.165, 1.54) is 19.3 Å². The van der Waals surface area contributed by atoms with Gasteiger partial charge in [-0.15, -0.1) is 11.3 Å². The van der Waals surface area contributed by atoms with Crippen molar-refractivity contribution < 1.29 is 19.1 Å². The van der Waals surface area contributed by atoms with Gasteiger partial charge in [-0.05, 0) is 12.1 Å². The van der Waals surface area contributed by atoms with Crippen LogP contribution in [-0.2, 0) is 9.53 Å². The number of aliphatic imine (C=N–C) groups is 1. The lowest BCUT2D eigenvalue weighted by atomic mass is 10.1. The molecule has 19 heavy (non-hydrogen) atoms. The zero-order valence-electron chi connectivity index (χ0n) is 9.80. The lowest BCUT2D eigenvalue weighted by Gasteiger charge is -1.96. The van der Waals surface area contributed by atoms with Gasteiger partial charge >= 0.3 is 5.97 Å². The lowest BCUT2D eigenvalue weighted by molar-refractivity contribution is 0.0607. The molecule has 0 aliphatic carbocycles. The van der Waals surface area contributed by atoms with E-state index in [-0.39, 0.29) is 10.6 Å². The van der Waals surface area contributed by atoms with Crippen molar-refractivity contribution in [1.82, 2.24) is 0 Å². The van der Waals surface area contributed by atoms with Crippen LogP contribution in [0, 0.1) is 0 Å². The average molecular weight is 276 g/mol. The van der Waals surface area contributed by atoms with E-state index in [1.807, 2.05) is 0 Å². The molecule has 0 atom stereocenters. The molecule has 2 N–H and O–H groups in total. The topological polar surface area (TPSA) is 98.8 Å². The number of primary amides is 1. The second-order valence-electron chi connectivity index (χ2n) is 3.55. The maximum atomic E-state index is 11.6. The smallest absolute Gasteiger partial charge is 0.350 e. The summed E-state index contributed by atoms with van der Waals surface area (Å²) in [5.74, 6) is -1.17. The first-order chi connectivity index (χ1) is 9.08. The van der Waals surface area contributed by atoms with Crippen molar-refractivity contribution in [3.63, 3.8) is 0 Å². The molecule has 0 radical (unpaired) electrons. The van der Waals surface area contributed by atoms with E-state index in [0.717, 1.165) is 11.3 Å². The van der Waals surface area contributed by atoms with Crippen molar-refractivity contribution in [2.45, 2.75) is 0 Å². The van der Waals surface area contributed by atoms with Crippen LogP contribution in [-0.4, -0.2) is 25.1 Å². The minimum atomic E-state index is -0.601. The van der Waals surface area contributed by atoms with Gasteiger partial charge in [0.1, 0.15) is 10.6 Å². The number of hydrogen-bond donors (Lipinski definition) is 1. The third-order valence-corrected chi connectivity index (χ3v) is 3.60. The van der Waals surface area contributed by atoms with E-state index >= 15 is 0 Å². The first-order valence-corrected chi connectivity index (χ1v) is 5.92. The minimum absolute atomic E-state index is 0.183. The number of amides is 1. The van der Waals surface area contributed by atoms with Crippen molar-refractivity contribution in [1.29, 1.82) is 0 Å². The summed E-state index contributed by atoms with van der Waals surface area (Å²) in [5.41, 5.74) is 5.69. The molecule has 1 aromatic carbocycles. The van der Waals surface area contributed by atoms with Crippen molar-refractivity contribution in [3.05, 3.63) is 28.6 Å². The van der Waals surface area contributed by atoms with Crippen LogP contribution in [0.4, 0.5) is 5.69 Å². The highest BCUT2D eigenvalue weighted by molar-refractivity contribution is 7.21. The Morgan fingerprint density at radius 2 is 2.16 bits per heavy atom. The van der Waals surface area contributed by atoms with Crippen LogP contribution in [0.15, 0.2) is 23.2 Å². The molecule has 0 aliphatic heterocycles. The number of isocyanates is 1. The van der Waals surface area contributed by atoms with Gasteiger partial charge in [0.25, 0.3) is 0 Å². The number of benzene rings is 1. The molecular formula is C12H8N2O4S. The van der Waals surface area contributed by atoms with Gasteiger partial charge in [-0.3, -0.25) is 4.79 Å². The Balaban J connectivity index is 2.75.